The van der Waals surface area contributed by atoms with Gasteiger partial charge in [-0.25, -0.2) is 0 Å². The van der Waals surface area contributed by atoms with Crippen molar-refractivity contribution in [3.8, 4) is 0 Å². The predicted molar refractivity (Wildman–Crippen MR) is 81.1 cm³/mol. The van der Waals surface area contributed by atoms with E-state index < -0.39 is 0 Å². The summed E-state index contributed by atoms with van der Waals surface area (Å²) in [6.45, 7) is 6.48. The Morgan fingerprint density at radius 3 is 1.95 bits per heavy atom. The van der Waals surface area contributed by atoms with Crippen LogP contribution in [-0.4, -0.2) is 22.4 Å². The van der Waals surface area contributed by atoms with Crippen LogP contribution in [0.5, 0.6) is 0 Å². The normalized spacial score (nSPS) is 39.3. The molecule has 19 heavy (non-hydrogen) atoms. The first kappa shape index (κ1) is 17.0. The summed E-state index contributed by atoms with van der Waals surface area (Å²) in [5.74, 6) is 1.38. The maximum atomic E-state index is 10.2. The Hall–Kier alpha value is -0.0800. The highest BCUT2D eigenvalue weighted by Crippen LogP contribution is 2.42. The van der Waals surface area contributed by atoms with Crippen LogP contribution in [0, 0.1) is 17.8 Å². The lowest BCUT2D eigenvalue weighted by Crippen LogP contribution is -2.43. The molecule has 5 atom stereocenters. The van der Waals surface area contributed by atoms with Crippen LogP contribution in [0.1, 0.15) is 78.6 Å². The minimum atomic E-state index is -0.156. The van der Waals surface area contributed by atoms with Crippen LogP contribution in [-0.2, 0) is 0 Å². The van der Waals surface area contributed by atoms with Gasteiger partial charge in [0, 0.05) is 0 Å². The van der Waals surface area contributed by atoms with Crippen LogP contribution < -0.4 is 0 Å². The summed E-state index contributed by atoms with van der Waals surface area (Å²) < 4.78 is 0. The van der Waals surface area contributed by atoms with Crippen molar-refractivity contribution in [2.45, 2.75) is 90.8 Å². The summed E-state index contributed by atoms with van der Waals surface area (Å²) in [6, 6.07) is 0. The molecule has 2 fully saturated rings. The maximum Gasteiger partial charge on any atom is 0.0574 e. The van der Waals surface area contributed by atoms with Gasteiger partial charge in [-0.05, 0) is 43.4 Å². The van der Waals surface area contributed by atoms with E-state index >= 15 is 0 Å². The van der Waals surface area contributed by atoms with Gasteiger partial charge in [0.05, 0.1) is 12.2 Å². The maximum absolute atomic E-state index is 10.2. The first-order chi connectivity index (χ1) is 9.15. The van der Waals surface area contributed by atoms with E-state index in [9.17, 15) is 10.2 Å². The Bertz CT molecular complexity index is 229. The monoisotopic (exact) mass is 270 g/mol. The van der Waals surface area contributed by atoms with Crippen molar-refractivity contribution in [2.75, 3.05) is 0 Å². The summed E-state index contributed by atoms with van der Waals surface area (Å²) >= 11 is 0. The molecule has 0 bridgehead atoms. The Morgan fingerprint density at radius 1 is 0.789 bits per heavy atom. The molecule has 2 rings (SSSR count). The molecule has 0 aromatic rings. The standard InChI is InChI=1S/C14H26O2.C3H8/c1-2-10-6-5-9-13(16)14(10)11-7-3-4-8-12(11)15;1-3-2/h10-16H,2-9H2,1H3;3H2,1-2H3. The molecule has 2 heteroatoms. The van der Waals surface area contributed by atoms with E-state index in [1.54, 1.807) is 0 Å². The van der Waals surface area contributed by atoms with Crippen LogP contribution in [0.3, 0.4) is 0 Å². The Balaban J connectivity index is 0.000000550. The molecule has 2 saturated carbocycles. The molecule has 0 aromatic carbocycles. The van der Waals surface area contributed by atoms with Gasteiger partial charge in [-0.3, -0.25) is 0 Å². The number of hydrogen-bond acceptors (Lipinski definition) is 2. The van der Waals surface area contributed by atoms with Crippen LogP contribution in [0.4, 0.5) is 0 Å². The topological polar surface area (TPSA) is 40.5 Å². The molecule has 0 heterocycles. The molecule has 0 spiro atoms. The third-order valence-corrected chi connectivity index (χ3v) is 4.86. The van der Waals surface area contributed by atoms with E-state index in [1.165, 1.54) is 25.7 Å². The minimum absolute atomic E-state index is 0.152. The number of rotatable bonds is 2. The second-order valence-corrected chi connectivity index (χ2v) is 6.47. The molecule has 0 radical (unpaired) electrons. The fourth-order valence-electron chi connectivity index (χ4n) is 3.99. The Labute approximate surface area is 119 Å². The SMILES string of the molecule is CCC.CCC1CCCC(O)C1C1CCCCC1O. The van der Waals surface area contributed by atoms with Gasteiger partial charge < -0.3 is 10.2 Å². The highest BCUT2D eigenvalue weighted by atomic mass is 16.3. The Morgan fingerprint density at radius 2 is 1.37 bits per heavy atom. The number of aliphatic hydroxyl groups is 2. The molecule has 0 amide bonds. The van der Waals surface area contributed by atoms with Gasteiger partial charge in [0.2, 0.25) is 0 Å². The smallest absolute Gasteiger partial charge is 0.0574 e. The molecule has 2 aliphatic carbocycles. The van der Waals surface area contributed by atoms with E-state index in [4.69, 9.17) is 0 Å². The largest absolute Gasteiger partial charge is 0.393 e. The fraction of sp³-hybridized carbons (Fsp3) is 1.00. The average molecular weight is 270 g/mol. The lowest BCUT2D eigenvalue weighted by atomic mass is 9.65. The molecule has 5 unspecified atom stereocenters. The van der Waals surface area contributed by atoms with Crippen LogP contribution in [0.15, 0.2) is 0 Å². The van der Waals surface area contributed by atoms with E-state index in [0.717, 1.165) is 32.1 Å². The summed E-state index contributed by atoms with van der Waals surface area (Å²) in [7, 11) is 0. The first-order valence-corrected chi connectivity index (χ1v) is 8.51. The quantitative estimate of drug-likeness (QED) is 0.791. The lowest BCUT2D eigenvalue weighted by molar-refractivity contribution is -0.0596. The molecule has 2 aliphatic rings. The van der Waals surface area contributed by atoms with Gasteiger partial charge in [0.1, 0.15) is 0 Å². The molecule has 0 saturated heterocycles. The van der Waals surface area contributed by atoms with E-state index in [2.05, 4.69) is 20.8 Å². The third kappa shape index (κ3) is 4.75. The minimum Gasteiger partial charge on any atom is -0.393 e. The lowest BCUT2D eigenvalue weighted by Gasteiger charge is -2.43. The zero-order valence-electron chi connectivity index (χ0n) is 13.1. The van der Waals surface area contributed by atoms with Gasteiger partial charge in [-0.2, -0.15) is 0 Å². The van der Waals surface area contributed by atoms with Gasteiger partial charge >= 0.3 is 0 Å². The van der Waals surface area contributed by atoms with E-state index in [-0.39, 0.29) is 12.2 Å². The number of hydrogen-bond donors (Lipinski definition) is 2. The molecule has 0 aliphatic heterocycles. The molecule has 114 valence electrons. The fourth-order valence-corrected chi connectivity index (χ4v) is 3.99. The summed E-state index contributed by atoms with van der Waals surface area (Å²) in [4.78, 5) is 0. The summed E-state index contributed by atoms with van der Waals surface area (Å²) in [5.41, 5.74) is 0. The second kappa shape index (κ2) is 8.97. The second-order valence-electron chi connectivity index (χ2n) is 6.47. The van der Waals surface area contributed by atoms with Gasteiger partial charge in [0.15, 0.2) is 0 Å². The van der Waals surface area contributed by atoms with Crippen molar-refractivity contribution < 1.29 is 10.2 Å². The van der Waals surface area contributed by atoms with Crippen molar-refractivity contribution in [1.82, 2.24) is 0 Å². The molecular weight excluding hydrogens is 236 g/mol. The van der Waals surface area contributed by atoms with Crippen LogP contribution in [0.25, 0.3) is 0 Å². The van der Waals surface area contributed by atoms with Gasteiger partial charge in [-0.15, -0.1) is 0 Å². The molecule has 2 N–H and O–H groups in total. The van der Waals surface area contributed by atoms with E-state index in [0.29, 0.717) is 17.8 Å². The Kier molecular flexibility index (Phi) is 8.01. The molecule has 2 nitrogen and oxygen atoms in total. The summed E-state index contributed by atoms with van der Waals surface area (Å²) in [5, 5.41) is 20.4. The van der Waals surface area contributed by atoms with Crippen LogP contribution >= 0.6 is 0 Å². The van der Waals surface area contributed by atoms with Crippen molar-refractivity contribution in [1.29, 1.82) is 0 Å². The van der Waals surface area contributed by atoms with Crippen LogP contribution in [0.2, 0.25) is 0 Å². The van der Waals surface area contributed by atoms with Crippen molar-refractivity contribution >= 4 is 0 Å². The number of aliphatic hydroxyl groups excluding tert-OH is 2. The zero-order valence-corrected chi connectivity index (χ0v) is 13.1. The zero-order chi connectivity index (χ0) is 14.3. The predicted octanol–water partition coefficient (Wildman–Crippen LogP) is 4.14. The highest BCUT2D eigenvalue weighted by molar-refractivity contribution is 4.90. The summed E-state index contributed by atoms with van der Waals surface area (Å²) in [6.07, 6.45) is 9.94. The highest BCUT2D eigenvalue weighted by Gasteiger charge is 2.40. The van der Waals surface area contributed by atoms with Crippen molar-refractivity contribution in [3.63, 3.8) is 0 Å². The molecule has 0 aromatic heterocycles. The van der Waals surface area contributed by atoms with Gasteiger partial charge in [0.25, 0.3) is 0 Å². The van der Waals surface area contributed by atoms with E-state index in [1.807, 2.05) is 0 Å². The first-order valence-electron chi connectivity index (χ1n) is 8.51. The molecular formula is C17H34O2. The van der Waals surface area contributed by atoms with Crippen molar-refractivity contribution in [2.24, 2.45) is 17.8 Å². The van der Waals surface area contributed by atoms with Gasteiger partial charge in [-0.1, -0.05) is 52.9 Å². The third-order valence-electron chi connectivity index (χ3n) is 4.86. The van der Waals surface area contributed by atoms with Crippen molar-refractivity contribution in [3.05, 3.63) is 0 Å². The average Bonchev–Trinajstić information content (AvgIpc) is 2.40.